The van der Waals surface area contributed by atoms with E-state index < -0.39 is 5.97 Å². The molecule has 0 atom stereocenters. The standard InChI is InChI=1S/C44H38N2O4/c1-2-3-9-30-18-24-36(25-19-30)46-43(49)39-14-8-13-38-37(28-29-40(42(38)39)44(46)50)32-20-26-35(27-21-32)45(33-11-5-4-6-12-33)34-22-16-31(17-23-34)10-7-15-41(47)48/h4-6,8,11-14,16-29H,2-3,7,9-10,15H2,1H3,(H,47,48). The van der Waals surface area contributed by atoms with Crippen LogP contribution in [0.15, 0.2) is 133 Å². The van der Waals surface area contributed by atoms with Crippen molar-refractivity contribution in [3.63, 3.8) is 0 Å². The number of hydrogen-bond donors (Lipinski definition) is 1. The van der Waals surface area contributed by atoms with Gasteiger partial charge < -0.3 is 10.0 Å². The van der Waals surface area contributed by atoms with E-state index >= 15 is 0 Å². The van der Waals surface area contributed by atoms with E-state index in [-0.39, 0.29) is 18.2 Å². The third-order valence-corrected chi connectivity index (χ3v) is 9.42. The normalized spacial score (nSPS) is 12.4. The number of carbonyl (C=O) groups is 3. The fourth-order valence-electron chi connectivity index (χ4n) is 6.84. The van der Waals surface area contributed by atoms with E-state index in [9.17, 15) is 14.4 Å². The van der Waals surface area contributed by atoms with Crippen molar-refractivity contribution in [3.8, 4) is 11.1 Å². The van der Waals surface area contributed by atoms with Crippen molar-refractivity contribution in [2.45, 2.75) is 45.4 Å². The largest absolute Gasteiger partial charge is 0.481 e. The number of imide groups is 1. The van der Waals surface area contributed by atoms with Crippen molar-refractivity contribution in [1.29, 1.82) is 0 Å². The Morgan fingerprint density at radius 2 is 1.16 bits per heavy atom. The Balaban J connectivity index is 1.20. The van der Waals surface area contributed by atoms with Gasteiger partial charge in [0.15, 0.2) is 0 Å². The lowest BCUT2D eigenvalue weighted by molar-refractivity contribution is -0.137. The van der Waals surface area contributed by atoms with E-state index in [1.54, 1.807) is 0 Å². The van der Waals surface area contributed by atoms with Gasteiger partial charge in [0.05, 0.1) is 5.69 Å². The first kappa shape index (κ1) is 32.5. The highest BCUT2D eigenvalue weighted by Crippen LogP contribution is 2.40. The van der Waals surface area contributed by atoms with E-state index in [4.69, 9.17) is 5.11 Å². The van der Waals surface area contributed by atoms with Gasteiger partial charge in [-0.1, -0.05) is 86.1 Å². The van der Waals surface area contributed by atoms with E-state index in [0.29, 0.717) is 35.0 Å². The number of rotatable bonds is 12. The number of para-hydroxylation sites is 1. The fourth-order valence-corrected chi connectivity index (χ4v) is 6.84. The number of aryl methyl sites for hydroxylation is 2. The SMILES string of the molecule is CCCCc1ccc(N2C(=O)c3cccc4c(-c5ccc(N(c6ccccc6)c6ccc(CCCC(=O)O)cc6)cc5)ccc(c34)C2=O)cc1. The number of anilines is 4. The Hall–Kier alpha value is -6.01. The highest BCUT2D eigenvalue weighted by atomic mass is 16.4. The fraction of sp³-hybridized carbons (Fsp3) is 0.159. The molecule has 0 aliphatic carbocycles. The van der Waals surface area contributed by atoms with Crippen LogP contribution in [0.1, 0.15) is 64.4 Å². The smallest absolute Gasteiger partial charge is 0.303 e. The van der Waals surface area contributed by atoms with Crippen LogP contribution in [0.3, 0.4) is 0 Å². The summed E-state index contributed by atoms with van der Waals surface area (Å²) in [4.78, 5) is 42.2. The van der Waals surface area contributed by atoms with E-state index in [1.807, 2.05) is 72.8 Å². The number of amides is 2. The van der Waals surface area contributed by atoms with E-state index in [2.05, 4.69) is 72.5 Å². The van der Waals surface area contributed by atoms with Gasteiger partial charge in [-0.2, -0.15) is 0 Å². The molecule has 1 N–H and O–H groups in total. The maximum atomic E-state index is 13.9. The summed E-state index contributed by atoms with van der Waals surface area (Å²) in [5.41, 5.74) is 8.82. The minimum atomic E-state index is -0.777. The zero-order valence-corrected chi connectivity index (χ0v) is 28.0. The topological polar surface area (TPSA) is 77.9 Å². The van der Waals surface area contributed by atoms with E-state index in [1.165, 1.54) is 10.5 Å². The highest BCUT2D eigenvalue weighted by Gasteiger charge is 2.34. The average Bonchev–Trinajstić information content (AvgIpc) is 3.15. The van der Waals surface area contributed by atoms with Crippen LogP contribution in [0.5, 0.6) is 0 Å². The van der Waals surface area contributed by atoms with Crippen LogP contribution in [0.2, 0.25) is 0 Å². The van der Waals surface area contributed by atoms with Gasteiger partial charge in [-0.3, -0.25) is 14.4 Å². The Morgan fingerprint density at radius 1 is 0.600 bits per heavy atom. The number of nitrogens with zero attached hydrogens (tertiary/aromatic N) is 2. The van der Waals surface area contributed by atoms with Crippen molar-refractivity contribution in [3.05, 3.63) is 156 Å². The monoisotopic (exact) mass is 658 g/mol. The molecule has 248 valence electrons. The van der Waals surface area contributed by atoms with Gasteiger partial charge in [-0.15, -0.1) is 0 Å². The molecule has 6 nitrogen and oxygen atoms in total. The van der Waals surface area contributed by atoms with Gasteiger partial charge in [0.2, 0.25) is 0 Å². The molecular weight excluding hydrogens is 620 g/mol. The Labute approximate surface area is 292 Å². The molecule has 1 aliphatic heterocycles. The quantitative estimate of drug-likeness (QED) is 0.132. The predicted octanol–water partition coefficient (Wildman–Crippen LogP) is 10.5. The number of carboxylic acids is 1. The average molecular weight is 659 g/mol. The molecule has 0 unspecified atom stereocenters. The second-order valence-corrected chi connectivity index (χ2v) is 12.7. The molecule has 50 heavy (non-hydrogen) atoms. The second-order valence-electron chi connectivity index (χ2n) is 12.7. The minimum Gasteiger partial charge on any atom is -0.481 e. The molecular formula is C44H38N2O4. The van der Waals surface area contributed by atoms with Crippen LogP contribution in [-0.4, -0.2) is 22.9 Å². The van der Waals surface area contributed by atoms with Gasteiger partial charge in [0, 0.05) is 40.0 Å². The third kappa shape index (κ3) is 6.40. The molecule has 6 aromatic carbocycles. The first-order valence-corrected chi connectivity index (χ1v) is 17.2. The van der Waals surface area contributed by atoms with Crippen LogP contribution < -0.4 is 9.80 Å². The van der Waals surface area contributed by atoms with Crippen molar-refractivity contribution in [2.24, 2.45) is 0 Å². The van der Waals surface area contributed by atoms with Gasteiger partial charge in [0.1, 0.15) is 0 Å². The molecule has 0 spiro atoms. The summed E-state index contributed by atoms with van der Waals surface area (Å²) in [7, 11) is 0. The van der Waals surface area contributed by atoms with Gasteiger partial charge in [-0.25, -0.2) is 4.90 Å². The number of hydrogen-bond acceptors (Lipinski definition) is 4. The van der Waals surface area contributed by atoms with Crippen molar-refractivity contribution >= 4 is 51.3 Å². The number of benzene rings is 6. The molecule has 2 amide bonds. The Morgan fingerprint density at radius 3 is 1.80 bits per heavy atom. The number of carboxylic acid groups (broad SMARTS) is 1. The molecule has 1 aliphatic rings. The lowest BCUT2D eigenvalue weighted by atomic mass is 9.89. The molecule has 0 saturated carbocycles. The lowest BCUT2D eigenvalue weighted by Gasteiger charge is -2.28. The van der Waals surface area contributed by atoms with Gasteiger partial charge in [-0.05, 0) is 114 Å². The molecule has 6 aromatic rings. The van der Waals surface area contributed by atoms with Gasteiger partial charge >= 0.3 is 5.97 Å². The molecule has 0 radical (unpaired) electrons. The predicted molar refractivity (Wildman–Crippen MR) is 201 cm³/mol. The molecule has 1 heterocycles. The maximum Gasteiger partial charge on any atom is 0.303 e. The summed E-state index contributed by atoms with van der Waals surface area (Å²) in [6.45, 7) is 2.16. The Bertz CT molecular complexity index is 2150. The van der Waals surface area contributed by atoms with Crippen LogP contribution in [0.4, 0.5) is 22.7 Å². The van der Waals surface area contributed by atoms with Crippen molar-refractivity contribution in [2.75, 3.05) is 9.80 Å². The van der Waals surface area contributed by atoms with Crippen LogP contribution >= 0.6 is 0 Å². The molecule has 7 rings (SSSR count). The number of carbonyl (C=O) groups excluding carboxylic acids is 2. The second kappa shape index (κ2) is 14.2. The van der Waals surface area contributed by atoms with Crippen molar-refractivity contribution < 1.29 is 19.5 Å². The molecule has 0 aromatic heterocycles. The summed E-state index contributed by atoms with van der Waals surface area (Å²) in [5, 5.41) is 10.6. The zero-order valence-electron chi connectivity index (χ0n) is 28.0. The third-order valence-electron chi connectivity index (χ3n) is 9.42. The maximum absolute atomic E-state index is 13.9. The van der Waals surface area contributed by atoms with Crippen molar-refractivity contribution in [1.82, 2.24) is 0 Å². The van der Waals surface area contributed by atoms with E-state index in [0.717, 1.165) is 58.4 Å². The minimum absolute atomic E-state index is 0.155. The number of unbranched alkanes of at least 4 members (excludes halogenated alkanes) is 1. The highest BCUT2D eigenvalue weighted by molar-refractivity contribution is 6.36. The summed E-state index contributed by atoms with van der Waals surface area (Å²) >= 11 is 0. The lowest BCUT2D eigenvalue weighted by Crippen LogP contribution is -2.40. The molecule has 0 fully saturated rings. The molecule has 6 heteroatoms. The van der Waals surface area contributed by atoms with Crippen LogP contribution in [-0.2, 0) is 17.6 Å². The summed E-state index contributed by atoms with van der Waals surface area (Å²) in [5.74, 6) is -1.40. The van der Waals surface area contributed by atoms with Crippen LogP contribution in [0, 0.1) is 0 Å². The summed E-state index contributed by atoms with van der Waals surface area (Å²) in [6, 6.07) is 44.0. The summed E-state index contributed by atoms with van der Waals surface area (Å²) < 4.78 is 0. The number of aliphatic carboxylic acids is 1. The molecule has 0 bridgehead atoms. The summed E-state index contributed by atoms with van der Waals surface area (Å²) in [6.07, 6.45) is 4.64. The first-order chi connectivity index (χ1) is 24.4. The molecule has 0 saturated heterocycles. The zero-order chi connectivity index (χ0) is 34.6. The van der Waals surface area contributed by atoms with Gasteiger partial charge in [0.25, 0.3) is 11.8 Å². The first-order valence-electron chi connectivity index (χ1n) is 17.2. The van der Waals surface area contributed by atoms with Crippen LogP contribution in [0.25, 0.3) is 21.9 Å². The Kier molecular flexibility index (Phi) is 9.26.